The third kappa shape index (κ3) is 20.0. The number of rotatable bonds is 18. The topological polar surface area (TPSA) is 9.23 Å². The Morgan fingerprint density at radius 3 is 1.48 bits per heavy atom. The molecule has 0 heterocycles. The highest BCUT2D eigenvalue weighted by Crippen LogP contribution is 2.11. The zero-order valence-electron chi connectivity index (χ0n) is 15.0. The van der Waals surface area contributed by atoms with Crippen LogP contribution < -0.4 is 0 Å². The first-order valence-electron chi connectivity index (χ1n) is 9.85. The van der Waals surface area contributed by atoms with E-state index in [0.717, 1.165) is 13.0 Å². The van der Waals surface area contributed by atoms with Gasteiger partial charge >= 0.3 is 0 Å². The average Bonchev–Trinajstić information content (AvgIpc) is 2.50. The fourth-order valence-corrected chi connectivity index (χ4v) is 2.67. The lowest BCUT2D eigenvalue weighted by Crippen LogP contribution is -1.92. The molecule has 0 aliphatic carbocycles. The molecular weight excluding hydrogens is 256 g/mol. The van der Waals surface area contributed by atoms with Gasteiger partial charge in [-0.05, 0) is 12.8 Å². The summed E-state index contributed by atoms with van der Waals surface area (Å²) in [5.41, 5.74) is 0. The molecule has 0 aliphatic rings. The van der Waals surface area contributed by atoms with E-state index in [1.807, 2.05) is 6.61 Å². The van der Waals surface area contributed by atoms with Gasteiger partial charge in [0, 0.05) is 6.61 Å². The molecule has 0 saturated carbocycles. The maximum atomic E-state index is 5.60. The van der Waals surface area contributed by atoms with Gasteiger partial charge in [-0.3, -0.25) is 0 Å². The standard InChI is InChI=1S/C20H41O/c1-3-5-7-9-11-12-14-16-18-20-21-19-17-15-13-10-8-6-4-2/h19H,3-18,20H2,1-2H3. The Morgan fingerprint density at radius 2 is 0.952 bits per heavy atom. The number of hydrogen-bond acceptors (Lipinski definition) is 1. The zero-order valence-corrected chi connectivity index (χ0v) is 15.0. The van der Waals surface area contributed by atoms with Gasteiger partial charge in [-0.2, -0.15) is 0 Å². The summed E-state index contributed by atoms with van der Waals surface area (Å²) >= 11 is 0. The Labute approximate surface area is 135 Å². The molecule has 0 rings (SSSR count). The SMILES string of the molecule is CCCCCCCC[CH]OCCCCCCCCCCC. The third-order valence-electron chi connectivity index (χ3n) is 4.16. The van der Waals surface area contributed by atoms with Gasteiger partial charge in [-0.1, -0.05) is 104 Å². The van der Waals surface area contributed by atoms with E-state index in [4.69, 9.17) is 4.74 Å². The summed E-state index contributed by atoms with van der Waals surface area (Å²) in [5.74, 6) is 0. The third-order valence-corrected chi connectivity index (χ3v) is 4.16. The van der Waals surface area contributed by atoms with Crippen molar-refractivity contribution in [2.75, 3.05) is 6.61 Å². The molecule has 21 heavy (non-hydrogen) atoms. The first kappa shape index (κ1) is 21.0. The van der Waals surface area contributed by atoms with Crippen LogP contribution in [0.15, 0.2) is 0 Å². The summed E-state index contributed by atoms with van der Waals surface area (Å²) in [6.45, 7) is 7.54. The Kier molecular flexibility index (Phi) is 19.9. The molecule has 0 aromatic heterocycles. The Bertz CT molecular complexity index is 149. The molecule has 0 saturated heterocycles. The van der Waals surface area contributed by atoms with Crippen LogP contribution in [0, 0.1) is 6.61 Å². The second-order valence-corrected chi connectivity index (χ2v) is 6.42. The minimum atomic E-state index is 0.936. The van der Waals surface area contributed by atoms with E-state index in [9.17, 15) is 0 Å². The Hall–Kier alpha value is -0.0400. The van der Waals surface area contributed by atoms with Gasteiger partial charge in [0.2, 0.25) is 0 Å². The summed E-state index contributed by atoms with van der Waals surface area (Å²) in [7, 11) is 0. The summed E-state index contributed by atoms with van der Waals surface area (Å²) in [6.07, 6.45) is 21.9. The van der Waals surface area contributed by atoms with Crippen molar-refractivity contribution in [1.82, 2.24) is 0 Å². The predicted octanol–water partition coefficient (Wildman–Crippen LogP) is 7.45. The summed E-state index contributed by atoms with van der Waals surface area (Å²) < 4.78 is 5.60. The maximum Gasteiger partial charge on any atom is 0.0836 e. The van der Waals surface area contributed by atoms with Gasteiger partial charge in [0.25, 0.3) is 0 Å². The highest BCUT2D eigenvalue weighted by atomic mass is 16.5. The van der Waals surface area contributed by atoms with Crippen LogP contribution in [0.4, 0.5) is 0 Å². The fourth-order valence-electron chi connectivity index (χ4n) is 2.67. The molecule has 0 N–H and O–H groups in total. The summed E-state index contributed by atoms with van der Waals surface area (Å²) in [5, 5.41) is 0. The largest absolute Gasteiger partial charge is 0.376 e. The van der Waals surface area contributed by atoms with Gasteiger partial charge in [-0.15, -0.1) is 0 Å². The highest BCUT2D eigenvalue weighted by molar-refractivity contribution is 4.53. The highest BCUT2D eigenvalue weighted by Gasteiger charge is 1.94. The molecule has 1 nitrogen and oxygen atoms in total. The molecule has 0 aliphatic heterocycles. The van der Waals surface area contributed by atoms with E-state index in [1.165, 1.54) is 96.3 Å². The van der Waals surface area contributed by atoms with Crippen LogP contribution in [0.3, 0.4) is 0 Å². The monoisotopic (exact) mass is 297 g/mol. The first-order valence-corrected chi connectivity index (χ1v) is 9.85. The second kappa shape index (κ2) is 20.0. The van der Waals surface area contributed by atoms with E-state index >= 15 is 0 Å². The molecule has 0 spiro atoms. The van der Waals surface area contributed by atoms with Crippen LogP contribution in [0.5, 0.6) is 0 Å². The lowest BCUT2D eigenvalue weighted by Gasteiger charge is -2.04. The first-order chi connectivity index (χ1) is 10.4. The molecule has 1 radical (unpaired) electrons. The van der Waals surface area contributed by atoms with Crippen LogP contribution in [0.2, 0.25) is 0 Å². The van der Waals surface area contributed by atoms with E-state index in [-0.39, 0.29) is 0 Å². The van der Waals surface area contributed by atoms with Crippen molar-refractivity contribution < 1.29 is 4.74 Å². The zero-order chi connectivity index (χ0) is 15.4. The quantitative estimate of drug-likeness (QED) is 0.239. The predicted molar refractivity (Wildman–Crippen MR) is 95.5 cm³/mol. The van der Waals surface area contributed by atoms with Gasteiger partial charge < -0.3 is 4.74 Å². The maximum absolute atomic E-state index is 5.60. The van der Waals surface area contributed by atoms with Crippen molar-refractivity contribution >= 4 is 0 Å². The molecule has 0 atom stereocenters. The van der Waals surface area contributed by atoms with Crippen LogP contribution in [-0.4, -0.2) is 6.61 Å². The molecule has 0 amide bonds. The van der Waals surface area contributed by atoms with Crippen LogP contribution >= 0.6 is 0 Å². The lowest BCUT2D eigenvalue weighted by atomic mass is 10.1. The van der Waals surface area contributed by atoms with E-state index in [1.54, 1.807) is 0 Å². The van der Waals surface area contributed by atoms with E-state index in [0.29, 0.717) is 0 Å². The molecule has 0 aromatic rings. The smallest absolute Gasteiger partial charge is 0.0836 e. The molecule has 0 bridgehead atoms. The van der Waals surface area contributed by atoms with E-state index < -0.39 is 0 Å². The van der Waals surface area contributed by atoms with Crippen molar-refractivity contribution in [2.45, 2.75) is 117 Å². The minimum Gasteiger partial charge on any atom is -0.376 e. The summed E-state index contributed by atoms with van der Waals surface area (Å²) in [4.78, 5) is 0. The van der Waals surface area contributed by atoms with Crippen LogP contribution in [-0.2, 0) is 4.74 Å². The number of hydrogen-bond donors (Lipinski definition) is 0. The van der Waals surface area contributed by atoms with Crippen molar-refractivity contribution in [2.24, 2.45) is 0 Å². The van der Waals surface area contributed by atoms with Gasteiger partial charge in [-0.25, -0.2) is 0 Å². The molecular formula is C20H41O. The second-order valence-electron chi connectivity index (χ2n) is 6.42. The van der Waals surface area contributed by atoms with Crippen molar-refractivity contribution in [3.8, 4) is 0 Å². The molecule has 1 heteroatoms. The van der Waals surface area contributed by atoms with Crippen LogP contribution in [0.25, 0.3) is 0 Å². The van der Waals surface area contributed by atoms with Crippen LogP contribution in [0.1, 0.15) is 117 Å². The van der Waals surface area contributed by atoms with Gasteiger partial charge in [0.1, 0.15) is 0 Å². The number of ether oxygens (including phenoxy) is 1. The average molecular weight is 298 g/mol. The summed E-state index contributed by atoms with van der Waals surface area (Å²) in [6, 6.07) is 0. The molecule has 0 unspecified atom stereocenters. The number of unbranched alkanes of at least 4 members (excludes halogenated alkanes) is 14. The molecule has 127 valence electrons. The van der Waals surface area contributed by atoms with Gasteiger partial charge in [0.05, 0.1) is 6.61 Å². The van der Waals surface area contributed by atoms with Crippen molar-refractivity contribution in [3.05, 3.63) is 6.61 Å². The minimum absolute atomic E-state index is 0.936. The Morgan fingerprint density at radius 1 is 0.524 bits per heavy atom. The van der Waals surface area contributed by atoms with Crippen molar-refractivity contribution in [3.63, 3.8) is 0 Å². The fraction of sp³-hybridized carbons (Fsp3) is 0.950. The lowest BCUT2D eigenvalue weighted by molar-refractivity contribution is 0.183. The molecule has 0 aromatic carbocycles. The Balaban J connectivity index is 2.90. The van der Waals surface area contributed by atoms with Gasteiger partial charge in [0.15, 0.2) is 0 Å². The van der Waals surface area contributed by atoms with Crippen molar-refractivity contribution in [1.29, 1.82) is 0 Å². The van der Waals surface area contributed by atoms with E-state index in [2.05, 4.69) is 13.8 Å². The normalized spacial score (nSPS) is 11.1. The molecule has 0 fully saturated rings.